The van der Waals surface area contributed by atoms with E-state index >= 15 is 0 Å². The number of sulfone groups is 1. The fourth-order valence-corrected chi connectivity index (χ4v) is 7.64. The Hall–Kier alpha value is -2.20. The monoisotopic (exact) mass is 504 g/mol. The van der Waals surface area contributed by atoms with E-state index in [4.69, 9.17) is 23.8 Å². The number of hydrogen-bond donors (Lipinski definition) is 0. The van der Waals surface area contributed by atoms with Crippen molar-refractivity contribution in [2.45, 2.75) is 19.0 Å². The van der Waals surface area contributed by atoms with Crippen molar-refractivity contribution in [2.24, 2.45) is 0 Å². The number of carbonyl (C=O) groups is 2. The SMILES string of the molecule is O=C1/C(=C2\SC(=S)N([C@@H]3CCS(=O)(=O)C3)C2=O)c2ccccc2N1Cc1ccccc1Cl. The van der Waals surface area contributed by atoms with E-state index in [1.165, 1.54) is 4.90 Å². The van der Waals surface area contributed by atoms with Gasteiger partial charge < -0.3 is 4.90 Å². The van der Waals surface area contributed by atoms with Gasteiger partial charge in [0.15, 0.2) is 9.84 Å². The van der Waals surface area contributed by atoms with E-state index in [1.54, 1.807) is 11.0 Å². The summed E-state index contributed by atoms with van der Waals surface area (Å²) < 4.78 is 24.2. The second-order valence-electron chi connectivity index (χ2n) is 7.80. The van der Waals surface area contributed by atoms with E-state index in [0.29, 0.717) is 28.3 Å². The molecular formula is C22H17ClN2O4S3. The summed E-state index contributed by atoms with van der Waals surface area (Å²) >= 11 is 12.8. The largest absolute Gasteiger partial charge is 0.303 e. The molecule has 2 aromatic carbocycles. The molecule has 0 spiro atoms. The number of amides is 2. The normalized spacial score (nSPS) is 24.5. The second kappa shape index (κ2) is 7.98. The first-order valence-corrected chi connectivity index (χ1v) is 13.3. The third-order valence-electron chi connectivity index (χ3n) is 5.81. The van der Waals surface area contributed by atoms with Crippen molar-refractivity contribution in [2.75, 3.05) is 16.4 Å². The summed E-state index contributed by atoms with van der Waals surface area (Å²) in [5, 5.41) is 0.556. The molecule has 164 valence electrons. The van der Waals surface area contributed by atoms with E-state index < -0.39 is 21.8 Å². The minimum Gasteiger partial charge on any atom is -0.303 e. The number of thioether (sulfide) groups is 1. The maximum absolute atomic E-state index is 13.6. The highest BCUT2D eigenvalue weighted by Crippen LogP contribution is 2.46. The van der Waals surface area contributed by atoms with E-state index in [1.807, 2.05) is 42.5 Å². The number of carbonyl (C=O) groups excluding carboxylic acids is 2. The van der Waals surface area contributed by atoms with Crippen molar-refractivity contribution in [3.8, 4) is 0 Å². The Morgan fingerprint density at radius 1 is 1.06 bits per heavy atom. The van der Waals surface area contributed by atoms with E-state index in [2.05, 4.69) is 0 Å². The zero-order valence-corrected chi connectivity index (χ0v) is 19.9. The molecule has 0 aromatic heterocycles. The van der Waals surface area contributed by atoms with Crippen molar-refractivity contribution in [3.05, 3.63) is 69.6 Å². The van der Waals surface area contributed by atoms with E-state index in [0.717, 1.165) is 17.3 Å². The molecular weight excluding hydrogens is 488 g/mol. The minimum atomic E-state index is -3.19. The Balaban J connectivity index is 1.55. The molecule has 6 nitrogen and oxygen atoms in total. The van der Waals surface area contributed by atoms with Gasteiger partial charge in [-0.25, -0.2) is 8.42 Å². The third-order valence-corrected chi connectivity index (χ3v) is 9.33. The molecule has 3 aliphatic rings. The third kappa shape index (κ3) is 3.57. The van der Waals surface area contributed by atoms with E-state index in [9.17, 15) is 18.0 Å². The van der Waals surface area contributed by atoms with Crippen LogP contribution in [0.3, 0.4) is 0 Å². The number of benzene rings is 2. The highest BCUT2D eigenvalue weighted by molar-refractivity contribution is 8.26. The molecule has 3 aliphatic heterocycles. The van der Waals surface area contributed by atoms with Crippen molar-refractivity contribution in [3.63, 3.8) is 0 Å². The first-order chi connectivity index (χ1) is 15.3. The Kier molecular flexibility index (Phi) is 5.40. The van der Waals surface area contributed by atoms with Crippen molar-refractivity contribution in [1.82, 2.24) is 4.90 Å². The highest BCUT2D eigenvalue weighted by atomic mass is 35.5. The molecule has 0 radical (unpaired) electrons. The molecule has 0 N–H and O–H groups in total. The minimum absolute atomic E-state index is 0.0357. The van der Waals surface area contributed by atoms with Gasteiger partial charge in [0, 0.05) is 10.6 Å². The van der Waals surface area contributed by atoms with Gasteiger partial charge in [0.1, 0.15) is 4.32 Å². The summed E-state index contributed by atoms with van der Waals surface area (Å²) in [6.07, 6.45) is 0.348. The van der Waals surface area contributed by atoms with Gasteiger partial charge in [0.2, 0.25) is 0 Å². The van der Waals surface area contributed by atoms with Gasteiger partial charge >= 0.3 is 0 Å². The lowest BCUT2D eigenvalue weighted by atomic mass is 10.1. The summed E-state index contributed by atoms with van der Waals surface area (Å²) in [5.41, 5.74) is 2.45. The quantitative estimate of drug-likeness (QED) is 0.469. The van der Waals surface area contributed by atoms with Crippen LogP contribution in [0.2, 0.25) is 5.02 Å². The molecule has 0 saturated carbocycles. The van der Waals surface area contributed by atoms with Crippen LogP contribution in [-0.2, 0) is 26.0 Å². The number of para-hydroxylation sites is 1. The number of thiocarbonyl (C=S) groups is 1. The van der Waals surface area contributed by atoms with Crippen molar-refractivity contribution in [1.29, 1.82) is 0 Å². The molecule has 3 heterocycles. The summed E-state index contributed by atoms with van der Waals surface area (Å²) in [6, 6.07) is 14.1. The molecule has 2 saturated heterocycles. The first-order valence-electron chi connectivity index (χ1n) is 9.91. The average molecular weight is 505 g/mol. The van der Waals surface area contributed by atoms with Gasteiger partial charge in [-0.3, -0.25) is 14.5 Å². The Bertz CT molecular complexity index is 1320. The first kappa shape index (κ1) is 21.6. The van der Waals surface area contributed by atoms with E-state index in [-0.39, 0.29) is 33.2 Å². The van der Waals surface area contributed by atoms with Crippen LogP contribution in [0, 0.1) is 0 Å². The Morgan fingerprint density at radius 3 is 2.50 bits per heavy atom. The number of halogens is 1. The number of rotatable bonds is 3. The van der Waals surface area contributed by atoms with Gasteiger partial charge in [-0.15, -0.1) is 0 Å². The van der Waals surface area contributed by atoms with Crippen LogP contribution in [0.5, 0.6) is 0 Å². The summed E-state index contributed by atoms with van der Waals surface area (Å²) in [5.74, 6) is -0.773. The van der Waals surface area contributed by atoms with Crippen LogP contribution >= 0.6 is 35.6 Å². The lowest BCUT2D eigenvalue weighted by molar-refractivity contribution is -0.123. The van der Waals surface area contributed by atoms with Gasteiger partial charge in [0.05, 0.1) is 40.3 Å². The highest BCUT2D eigenvalue weighted by Gasteiger charge is 2.46. The zero-order chi connectivity index (χ0) is 22.6. The van der Waals surface area contributed by atoms with Crippen molar-refractivity contribution >= 4 is 72.8 Å². The fourth-order valence-electron chi connectivity index (χ4n) is 4.28. The number of nitrogens with zero attached hydrogens (tertiary/aromatic N) is 2. The van der Waals surface area contributed by atoms with Gasteiger partial charge in [-0.05, 0) is 24.1 Å². The second-order valence-corrected chi connectivity index (χ2v) is 12.1. The Morgan fingerprint density at radius 2 is 1.78 bits per heavy atom. The molecule has 2 amide bonds. The molecule has 32 heavy (non-hydrogen) atoms. The molecule has 0 bridgehead atoms. The van der Waals surface area contributed by atoms with Crippen LogP contribution < -0.4 is 4.90 Å². The summed E-state index contributed by atoms with van der Waals surface area (Å²) in [4.78, 5) is 30.1. The number of hydrogen-bond acceptors (Lipinski definition) is 6. The maximum Gasteiger partial charge on any atom is 0.267 e. The molecule has 5 rings (SSSR count). The molecule has 2 aromatic rings. The molecule has 2 fully saturated rings. The number of anilines is 1. The smallest absolute Gasteiger partial charge is 0.267 e. The predicted octanol–water partition coefficient (Wildman–Crippen LogP) is 3.65. The zero-order valence-electron chi connectivity index (χ0n) is 16.7. The standard InChI is InChI=1S/C22H17ClN2O4S3/c23-16-7-3-1-5-13(16)11-24-17-8-4-2-6-15(17)18(20(24)26)19-21(27)25(22(30)31-19)14-9-10-32(28,29)12-14/h1-8,14H,9-12H2/b19-18-/t14-/m1/s1. The van der Waals surface area contributed by atoms with Crippen LogP contribution in [0.4, 0.5) is 5.69 Å². The Labute approximate surface area is 200 Å². The summed E-state index contributed by atoms with van der Waals surface area (Å²) in [6.45, 7) is 0.264. The topological polar surface area (TPSA) is 74.8 Å². The van der Waals surface area contributed by atoms with Crippen LogP contribution in [-0.4, -0.2) is 47.0 Å². The lowest BCUT2D eigenvalue weighted by Gasteiger charge is -2.21. The molecule has 1 atom stereocenters. The fraction of sp³-hybridized carbons (Fsp3) is 0.227. The van der Waals surface area contributed by atoms with Gasteiger partial charge in [-0.1, -0.05) is 72.0 Å². The van der Waals surface area contributed by atoms with Crippen LogP contribution in [0.15, 0.2) is 53.4 Å². The molecule has 0 aliphatic carbocycles. The summed E-state index contributed by atoms with van der Waals surface area (Å²) in [7, 11) is -3.19. The maximum atomic E-state index is 13.6. The predicted molar refractivity (Wildman–Crippen MR) is 130 cm³/mol. The molecule has 10 heteroatoms. The number of fused-ring (bicyclic) bond motifs is 1. The molecule has 0 unspecified atom stereocenters. The van der Waals surface area contributed by atoms with Crippen LogP contribution in [0.1, 0.15) is 17.5 Å². The van der Waals surface area contributed by atoms with Gasteiger partial charge in [0.25, 0.3) is 11.8 Å². The van der Waals surface area contributed by atoms with Crippen LogP contribution in [0.25, 0.3) is 5.57 Å². The van der Waals surface area contributed by atoms with Crippen molar-refractivity contribution < 1.29 is 18.0 Å². The van der Waals surface area contributed by atoms with Gasteiger partial charge in [-0.2, -0.15) is 0 Å². The lowest BCUT2D eigenvalue weighted by Crippen LogP contribution is -2.39. The average Bonchev–Trinajstić information content (AvgIpc) is 3.34.